The first-order valence-electron chi connectivity index (χ1n) is 6.52. The maximum Gasteiger partial charge on any atom is 0.193 e. The Morgan fingerprint density at radius 3 is 2.75 bits per heavy atom. The van der Waals surface area contributed by atoms with Crippen LogP contribution in [0, 0.1) is 5.82 Å². The molecule has 20 heavy (non-hydrogen) atoms. The van der Waals surface area contributed by atoms with Crippen LogP contribution in [-0.2, 0) is 6.42 Å². The third-order valence-electron chi connectivity index (χ3n) is 2.94. The van der Waals surface area contributed by atoms with Gasteiger partial charge >= 0.3 is 0 Å². The van der Waals surface area contributed by atoms with Crippen LogP contribution in [0.1, 0.15) is 30.7 Å². The molecular weight excluding hydrogens is 345 g/mol. The molecule has 0 saturated heterocycles. The summed E-state index contributed by atoms with van der Waals surface area (Å²) in [6.07, 6.45) is 1.65. The van der Waals surface area contributed by atoms with Crippen molar-refractivity contribution in [2.75, 3.05) is 6.54 Å². The van der Waals surface area contributed by atoms with Gasteiger partial charge in [0.15, 0.2) is 5.22 Å². The molecule has 2 aromatic rings. The SMILES string of the molecule is CCCNC(Cc1cc(F)cc(Br)c1)c1ccc(Cl)o1. The lowest BCUT2D eigenvalue weighted by Gasteiger charge is -2.16. The Morgan fingerprint density at radius 2 is 2.15 bits per heavy atom. The van der Waals surface area contributed by atoms with Crippen LogP contribution in [0.3, 0.4) is 0 Å². The highest BCUT2D eigenvalue weighted by molar-refractivity contribution is 9.10. The van der Waals surface area contributed by atoms with Crippen molar-refractivity contribution in [3.05, 3.63) is 57.2 Å². The van der Waals surface area contributed by atoms with Crippen molar-refractivity contribution < 1.29 is 8.81 Å². The van der Waals surface area contributed by atoms with E-state index in [0.29, 0.717) is 11.6 Å². The fraction of sp³-hybridized carbons (Fsp3) is 0.333. The summed E-state index contributed by atoms with van der Waals surface area (Å²) in [7, 11) is 0. The standard InChI is InChI=1S/C15H16BrClFNO/c1-2-5-19-13(14-3-4-15(17)20-14)8-10-6-11(16)9-12(18)7-10/h3-4,6-7,9,13,19H,2,5,8H2,1H3. The van der Waals surface area contributed by atoms with E-state index in [1.807, 2.05) is 12.1 Å². The molecule has 1 N–H and O–H groups in total. The molecule has 5 heteroatoms. The molecule has 1 unspecified atom stereocenters. The van der Waals surface area contributed by atoms with Crippen LogP contribution in [0.2, 0.25) is 5.22 Å². The van der Waals surface area contributed by atoms with Gasteiger partial charge in [0.2, 0.25) is 0 Å². The summed E-state index contributed by atoms with van der Waals surface area (Å²) in [5.41, 5.74) is 0.901. The highest BCUT2D eigenvalue weighted by Crippen LogP contribution is 2.25. The van der Waals surface area contributed by atoms with E-state index in [4.69, 9.17) is 16.0 Å². The summed E-state index contributed by atoms with van der Waals surface area (Å²) in [5, 5.41) is 3.76. The average Bonchev–Trinajstić information content (AvgIpc) is 2.80. The molecule has 108 valence electrons. The van der Waals surface area contributed by atoms with Crippen molar-refractivity contribution in [3.63, 3.8) is 0 Å². The van der Waals surface area contributed by atoms with Crippen molar-refractivity contribution in [1.82, 2.24) is 5.32 Å². The summed E-state index contributed by atoms with van der Waals surface area (Å²) in [4.78, 5) is 0. The van der Waals surface area contributed by atoms with Crippen LogP contribution < -0.4 is 5.32 Å². The van der Waals surface area contributed by atoms with Crippen LogP contribution >= 0.6 is 27.5 Å². The van der Waals surface area contributed by atoms with Gasteiger partial charge in [-0.15, -0.1) is 0 Å². The van der Waals surface area contributed by atoms with Gasteiger partial charge in [0.1, 0.15) is 11.6 Å². The molecule has 2 nitrogen and oxygen atoms in total. The smallest absolute Gasteiger partial charge is 0.193 e. The molecule has 2 rings (SSSR count). The second-order valence-corrected chi connectivity index (χ2v) is 5.92. The lowest BCUT2D eigenvalue weighted by atomic mass is 10.0. The van der Waals surface area contributed by atoms with E-state index in [9.17, 15) is 4.39 Å². The molecule has 0 aliphatic carbocycles. The van der Waals surface area contributed by atoms with Crippen molar-refractivity contribution in [2.45, 2.75) is 25.8 Å². The van der Waals surface area contributed by atoms with Crippen LogP contribution in [0.4, 0.5) is 4.39 Å². The van der Waals surface area contributed by atoms with E-state index in [0.717, 1.165) is 28.8 Å². The number of hydrogen-bond donors (Lipinski definition) is 1. The van der Waals surface area contributed by atoms with E-state index in [-0.39, 0.29) is 11.9 Å². The zero-order valence-electron chi connectivity index (χ0n) is 11.1. The third-order valence-corrected chi connectivity index (χ3v) is 3.60. The summed E-state index contributed by atoms with van der Waals surface area (Å²) in [6, 6.07) is 8.45. The Kier molecular flexibility index (Phi) is 5.64. The first kappa shape index (κ1) is 15.5. The Labute approximate surface area is 131 Å². The summed E-state index contributed by atoms with van der Waals surface area (Å²) in [5.74, 6) is 0.518. The molecule has 1 aromatic carbocycles. The van der Waals surface area contributed by atoms with E-state index in [2.05, 4.69) is 28.2 Å². The van der Waals surface area contributed by atoms with E-state index in [1.54, 1.807) is 6.07 Å². The predicted octanol–water partition coefficient (Wildman–Crippen LogP) is 5.12. The Bertz CT molecular complexity index is 553. The van der Waals surface area contributed by atoms with Crippen molar-refractivity contribution in [3.8, 4) is 0 Å². The second-order valence-electron chi connectivity index (χ2n) is 4.63. The monoisotopic (exact) mass is 359 g/mol. The van der Waals surface area contributed by atoms with E-state index >= 15 is 0 Å². The molecule has 0 fully saturated rings. The van der Waals surface area contributed by atoms with Crippen LogP contribution in [0.5, 0.6) is 0 Å². The van der Waals surface area contributed by atoms with Gasteiger partial charge in [0.25, 0.3) is 0 Å². The maximum absolute atomic E-state index is 13.4. The fourth-order valence-corrected chi connectivity index (χ4v) is 2.74. The van der Waals surface area contributed by atoms with Gasteiger partial charge in [0.05, 0.1) is 6.04 Å². The number of halogens is 3. The molecule has 0 bridgehead atoms. The average molecular weight is 361 g/mol. The molecule has 1 aromatic heterocycles. The Morgan fingerprint density at radius 1 is 1.35 bits per heavy atom. The zero-order valence-corrected chi connectivity index (χ0v) is 13.5. The van der Waals surface area contributed by atoms with Gasteiger partial charge in [0, 0.05) is 4.47 Å². The normalized spacial score (nSPS) is 12.6. The minimum absolute atomic E-state index is 0.0175. The third kappa shape index (κ3) is 4.33. The number of furan rings is 1. The number of rotatable bonds is 6. The predicted molar refractivity (Wildman–Crippen MR) is 82.6 cm³/mol. The fourth-order valence-electron chi connectivity index (χ4n) is 2.07. The molecule has 0 spiro atoms. The van der Waals surface area contributed by atoms with Crippen molar-refractivity contribution in [1.29, 1.82) is 0 Å². The number of hydrogen-bond acceptors (Lipinski definition) is 2. The highest BCUT2D eigenvalue weighted by atomic mass is 79.9. The zero-order chi connectivity index (χ0) is 14.5. The lowest BCUT2D eigenvalue weighted by molar-refractivity contribution is 0.411. The minimum atomic E-state index is -0.249. The van der Waals surface area contributed by atoms with E-state index < -0.39 is 0 Å². The summed E-state index contributed by atoms with van der Waals surface area (Å²) < 4.78 is 19.7. The van der Waals surface area contributed by atoms with Crippen LogP contribution in [0.15, 0.2) is 39.2 Å². The lowest BCUT2D eigenvalue weighted by Crippen LogP contribution is -2.23. The molecule has 0 saturated carbocycles. The molecule has 0 aliphatic rings. The van der Waals surface area contributed by atoms with Gasteiger partial charge in [-0.25, -0.2) is 4.39 Å². The summed E-state index contributed by atoms with van der Waals surface area (Å²) >= 11 is 9.14. The molecule has 0 aliphatic heterocycles. The topological polar surface area (TPSA) is 25.2 Å². The highest BCUT2D eigenvalue weighted by Gasteiger charge is 2.16. The molecule has 1 heterocycles. The van der Waals surface area contributed by atoms with Gasteiger partial charge in [-0.05, 0) is 66.9 Å². The minimum Gasteiger partial charge on any atom is -0.448 e. The number of nitrogens with one attached hydrogen (secondary N) is 1. The van der Waals surface area contributed by atoms with Gasteiger partial charge < -0.3 is 9.73 Å². The second kappa shape index (κ2) is 7.25. The molecule has 1 atom stereocenters. The van der Waals surface area contributed by atoms with Crippen LogP contribution in [0.25, 0.3) is 0 Å². The Hall–Kier alpha value is -0.840. The van der Waals surface area contributed by atoms with E-state index in [1.165, 1.54) is 12.1 Å². The summed E-state index contributed by atoms with van der Waals surface area (Å²) in [6.45, 7) is 2.96. The van der Waals surface area contributed by atoms with Crippen molar-refractivity contribution >= 4 is 27.5 Å². The van der Waals surface area contributed by atoms with Gasteiger partial charge in [-0.2, -0.15) is 0 Å². The van der Waals surface area contributed by atoms with Crippen LogP contribution in [-0.4, -0.2) is 6.54 Å². The first-order valence-corrected chi connectivity index (χ1v) is 7.69. The molecular formula is C15H16BrClFNO. The van der Waals surface area contributed by atoms with Crippen molar-refractivity contribution in [2.24, 2.45) is 0 Å². The molecule has 0 radical (unpaired) electrons. The van der Waals surface area contributed by atoms with Gasteiger partial charge in [-0.3, -0.25) is 0 Å². The first-order chi connectivity index (χ1) is 9.58. The quantitative estimate of drug-likeness (QED) is 0.773. The Balaban J connectivity index is 2.18. The largest absolute Gasteiger partial charge is 0.448 e. The molecule has 0 amide bonds. The van der Waals surface area contributed by atoms with Gasteiger partial charge in [-0.1, -0.05) is 22.9 Å². The number of benzene rings is 1. The maximum atomic E-state index is 13.4.